The summed E-state index contributed by atoms with van der Waals surface area (Å²) < 4.78 is 5.96. The molecule has 0 spiro atoms. The second-order valence-corrected chi connectivity index (χ2v) is 14.0. The minimum absolute atomic E-state index is 0.128. The monoisotopic (exact) mass is 805 g/mol. The Kier molecular flexibility index (Phi) is 38.8. The molecule has 0 aromatic carbocycles. The summed E-state index contributed by atoms with van der Waals surface area (Å²) in [5, 5.41) is 22.5. The Labute approximate surface area is 350 Å². The van der Waals surface area contributed by atoms with Gasteiger partial charge in [-0.2, -0.15) is 0 Å². The number of ether oxygens (including phenoxy) is 1. The number of unbranched alkanes of at least 4 members (excludes halogenated alkanes) is 5. The molecule has 0 radical (unpaired) electrons. The molecule has 0 aromatic rings. The molecule has 0 aliphatic carbocycles. The Hall–Kier alpha value is -4.50. The summed E-state index contributed by atoms with van der Waals surface area (Å²) >= 11 is 0. The summed E-state index contributed by atoms with van der Waals surface area (Å²) in [5.41, 5.74) is 0. The SMILES string of the molecule is CC/C=C\C/C=C\C/C=C\C/C=C\C/C=C\CCCC(=O)OC(CC/C=C\C/C=C\C/C=C\C/C=C\CC)CCCCCCCC(=O)NCC(=O)NC(CO)C(=O)O. The van der Waals surface area contributed by atoms with E-state index in [2.05, 4.69) is 134 Å². The second-order valence-electron chi connectivity index (χ2n) is 14.0. The lowest BCUT2D eigenvalue weighted by atomic mass is 10.0. The van der Waals surface area contributed by atoms with Crippen LogP contribution in [0.2, 0.25) is 0 Å². The highest BCUT2D eigenvalue weighted by molar-refractivity contribution is 5.87. The maximum atomic E-state index is 12.8. The average molecular weight is 805 g/mol. The van der Waals surface area contributed by atoms with Gasteiger partial charge in [-0.1, -0.05) is 142 Å². The van der Waals surface area contributed by atoms with Gasteiger partial charge in [0.05, 0.1) is 13.2 Å². The summed E-state index contributed by atoms with van der Waals surface area (Å²) in [5.74, 6) is -2.44. The topological polar surface area (TPSA) is 142 Å². The summed E-state index contributed by atoms with van der Waals surface area (Å²) in [6.07, 6.45) is 56.9. The molecule has 0 rings (SSSR count). The van der Waals surface area contributed by atoms with Crippen molar-refractivity contribution < 1.29 is 34.1 Å². The van der Waals surface area contributed by atoms with Crippen LogP contribution in [0.15, 0.2) is 109 Å². The molecule has 324 valence electrons. The quantitative estimate of drug-likeness (QED) is 0.0278. The van der Waals surface area contributed by atoms with Crippen molar-refractivity contribution in [1.82, 2.24) is 10.6 Å². The van der Waals surface area contributed by atoms with Crippen LogP contribution in [-0.2, 0) is 23.9 Å². The van der Waals surface area contributed by atoms with Gasteiger partial charge in [-0.05, 0) is 103 Å². The molecule has 0 fully saturated rings. The molecule has 0 aliphatic rings. The van der Waals surface area contributed by atoms with Gasteiger partial charge in [-0.25, -0.2) is 4.79 Å². The van der Waals surface area contributed by atoms with Crippen LogP contribution in [-0.4, -0.2) is 59.3 Å². The predicted molar refractivity (Wildman–Crippen MR) is 240 cm³/mol. The summed E-state index contributed by atoms with van der Waals surface area (Å²) in [4.78, 5) is 47.6. The Morgan fingerprint density at radius 2 is 0.966 bits per heavy atom. The van der Waals surface area contributed by atoms with E-state index in [9.17, 15) is 19.2 Å². The van der Waals surface area contributed by atoms with E-state index in [-0.39, 0.29) is 30.9 Å². The predicted octanol–water partition coefficient (Wildman–Crippen LogP) is 10.8. The van der Waals surface area contributed by atoms with Gasteiger partial charge < -0.3 is 25.6 Å². The molecule has 4 N–H and O–H groups in total. The molecule has 0 saturated heterocycles. The van der Waals surface area contributed by atoms with E-state index in [1.54, 1.807) is 0 Å². The minimum Gasteiger partial charge on any atom is -0.480 e. The molecule has 2 atom stereocenters. The minimum atomic E-state index is -1.40. The molecule has 0 bridgehead atoms. The fourth-order valence-electron chi connectivity index (χ4n) is 5.51. The van der Waals surface area contributed by atoms with Crippen molar-refractivity contribution in [1.29, 1.82) is 0 Å². The maximum Gasteiger partial charge on any atom is 0.328 e. The molecule has 0 saturated carbocycles. The second kappa shape index (κ2) is 42.1. The van der Waals surface area contributed by atoms with Crippen LogP contribution >= 0.6 is 0 Å². The van der Waals surface area contributed by atoms with Crippen molar-refractivity contribution in [2.45, 2.75) is 161 Å². The molecule has 9 nitrogen and oxygen atoms in total. The summed E-state index contributed by atoms with van der Waals surface area (Å²) in [6, 6.07) is -1.40. The zero-order valence-electron chi connectivity index (χ0n) is 35.7. The number of hydrogen-bond acceptors (Lipinski definition) is 6. The number of amides is 2. The third kappa shape index (κ3) is 38.4. The van der Waals surface area contributed by atoms with Crippen LogP contribution in [0.25, 0.3) is 0 Å². The third-order valence-electron chi connectivity index (χ3n) is 8.77. The highest BCUT2D eigenvalue weighted by Crippen LogP contribution is 2.16. The number of carboxylic acids is 1. The fraction of sp³-hybridized carbons (Fsp3) is 0.551. The van der Waals surface area contributed by atoms with E-state index in [1.807, 2.05) is 0 Å². The van der Waals surface area contributed by atoms with E-state index >= 15 is 0 Å². The number of allylic oxidation sites excluding steroid dienone is 18. The van der Waals surface area contributed by atoms with Crippen LogP contribution < -0.4 is 10.6 Å². The zero-order chi connectivity index (χ0) is 42.6. The van der Waals surface area contributed by atoms with Crippen molar-refractivity contribution in [2.75, 3.05) is 13.2 Å². The number of rotatable bonds is 37. The molecule has 0 aromatic heterocycles. The highest BCUT2D eigenvalue weighted by Gasteiger charge is 2.19. The molecule has 2 amide bonds. The first-order valence-electron chi connectivity index (χ1n) is 21.8. The van der Waals surface area contributed by atoms with Crippen molar-refractivity contribution in [3.05, 3.63) is 109 Å². The van der Waals surface area contributed by atoms with Gasteiger partial charge in [0, 0.05) is 12.8 Å². The smallest absolute Gasteiger partial charge is 0.328 e. The summed E-state index contributed by atoms with van der Waals surface area (Å²) in [7, 11) is 0. The fourth-order valence-corrected chi connectivity index (χ4v) is 5.51. The average Bonchev–Trinajstić information content (AvgIpc) is 3.21. The molecule has 2 unspecified atom stereocenters. The van der Waals surface area contributed by atoms with Crippen LogP contribution in [0.5, 0.6) is 0 Å². The highest BCUT2D eigenvalue weighted by atomic mass is 16.5. The Bertz CT molecular complexity index is 1340. The normalized spacial score (nSPS) is 13.6. The van der Waals surface area contributed by atoms with Gasteiger partial charge in [0.25, 0.3) is 0 Å². The number of nitrogens with one attached hydrogen (secondary N) is 2. The lowest BCUT2D eigenvalue weighted by Gasteiger charge is -2.17. The van der Waals surface area contributed by atoms with Crippen molar-refractivity contribution in [3.8, 4) is 0 Å². The van der Waals surface area contributed by atoms with Crippen molar-refractivity contribution >= 4 is 23.8 Å². The number of aliphatic carboxylic acids is 1. The molecule has 0 aliphatic heterocycles. The number of carboxylic acid groups (broad SMARTS) is 1. The standard InChI is InChI=1S/C49H76N2O7/c1-3-5-7-9-11-13-15-17-18-19-20-22-24-26-28-33-37-41-48(55)58-44(38-34-30-27-25-23-21-16-14-12-10-8-6-4-2)39-35-31-29-32-36-40-46(53)50-42-47(54)51-45(43-52)49(56)57/h5-8,11-14,17-18,20-23,26-28,30,44-45,52H,3-4,9-10,15-16,19,24-25,29,31-43H2,1-2H3,(H,50,53)(H,51,54)(H,56,57)/b7-5-,8-6-,13-11-,14-12-,18-17-,22-20-,23-21-,28-26-,30-27-. The van der Waals surface area contributed by atoms with Gasteiger partial charge >= 0.3 is 11.9 Å². The van der Waals surface area contributed by atoms with E-state index in [1.165, 1.54) is 0 Å². The number of esters is 1. The molecule has 9 heteroatoms. The van der Waals surface area contributed by atoms with Gasteiger partial charge in [-0.3, -0.25) is 14.4 Å². The largest absolute Gasteiger partial charge is 0.480 e. The lowest BCUT2D eigenvalue weighted by molar-refractivity contribution is -0.150. The molecular formula is C49H76N2O7. The van der Waals surface area contributed by atoms with Gasteiger partial charge in [0.2, 0.25) is 11.8 Å². The number of carbonyl (C=O) groups excluding carboxylic acids is 3. The number of hydrogen-bond donors (Lipinski definition) is 4. The molecular weight excluding hydrogens is 729 g/mol. The first kappa shape index (κ1) is 53.5. The van der Waals surface area contributed by atoms with E-state index < -0.39 is 24.5 Å². The maximum absolute atomic E-state index is 12.8. The lowest BCUT2D eigenvalue weighted by Crippen LogP contribution is -2.47. The van der Waals surface area contributed by atoms with Gasteiger partial charge in [0.1, 0.15) is 12.1 Å². The Morgan fingerprint density at radius 1 is 0.517 bits per heavy atom. The Balaban J connectivity index is 4.56. The number of carbonyl (C=O) groups is 4. The Morgan fingerprint density at radius 3 is 1.45 bits per heavy atom. The van der Waals surface area contributed by atoms with Crippen LogP contribution in [0.4, 0.5) is 0 Å². The van der Waals surface area contributed by atoms with Crippen LogP contribution in [0.3, 0.4) is 0 Å². The van der Waals surface area contributed by atoms with Crippen LogP contribution in [0.1, 0.15) is 149 Å². The van der Waals surface area contributed by atoms with E-state index in [0.717, 1.165) is 116 Å². The van der Waals surface area contributed by atoms with Crippen molar-refractivity contribution in [3.63, 3.8) is 0 Å². The van der Waals surface area contributed by atoms with Crippen molar-refractivity contribution in [2.24, 2.45) is 0 Å². The van der Waals surface area contributed by atoms with Crippen LogP contribution in [0, 0.1) is 0 Å². The number of aliphatic hydroxyl groups is 1. The molecule has 58 heavy (non-hydrogen) atoms. The zero-order valence-corrected chi connectivity index (χ0v) is 35.7. The third-order valence-corrected chi connectivity index (χ3v) is 8.77. The van der Waals surface area contributed by atoms with Gasteiger partial charge in [0.15, 0.2) is 0 Å². The summed E-state index contributed by atoms with van der Waals surface area (Å²) in [6.45, 7) is 3.21. The molecule has 0 heterocycles. The first-order valence-corrected chi connectivity index (χ1v) is 21.8. The van der Waals surface area contributed by atoms with E-state index in [0.29, 0.717) is 12.8 Å². The number of aliphatic hydroxyl groups excluding tert-OH is 1. The first-order chi connectivity index (χ1) is 28.3. The van der Waals surface area contributed by atoms with Gasteiger partial charge in [-0.15, -0.1) is 0 Å². The van der Waals surface area contributed by atoms with E-state index in [4.69, 9.17) is 14.9 Å².